The molecule has 37 heavy (non-hydrogen) atoms. The maximum absolute atomic E-state index is 13.2. The second-order valence-corrected chi connectivity index (χ2v) is 9.66. The van der Waals surface area contributed by atoms with Crippen LogP contribution in [0, 0.1) is 22.7 Å². The molecule has 1 aliphatic heterocycles. The van der Waals surface area contributed by atoms with Gasteiger partial charge in [-0.1, -0.05) is 13.0 Å². The van der Waals surface area contributed by atoms with Gasteiger partial charge in [0.25, 0.3) is 5.56 Å². The van der Waals surface area contributed by atoms with Crippen molar-refractivity contribution in [3.05, 3.63) is 58.3 Å². The SMILES string of the molecule is CC[C@@H]1CN(c2c(C#N)c(=O)n(C)c3cn(CC#N)nc23)[C@@H](C)CN1C(C)c1ccc2nccnc2c1. The predicted molar refractivity (Wildman–Crippen MR) is 141 cm³/mol. The molecule has 1 fully saturated rings. The number of nitrogens with zero attached hydrogens (tertiary/aromatic N) is 9. The zero-order valence-corrected chi connectivity index (χ0v) is 21.5. The Balaban J connectivity index is 1.54. The third-order valence-electron chi connectivity index (χ3n) is 7.54. The molecule has 0 saturated carbocycles. The van der Waals surface area contributed by atoms with E-state index in [2.05, 4.69) is 69.9 Å². The fourth-order valence-electron chi connectivity index (χ4n) is 5.50. The Hall–Kier alpha value is -4.28. The second kappa shape index (κ2) is 9.64. The number of aryl methyl sites for hydroxylation is 1. The highest BCUT2D eigenvalue weighted by Crippen LogP contribution is 2.35. The smallest absolute Gasteiger partial charge is 0.271 e. The third kappa shape index (κ3) is 4.09. The van der Waals surface area contributed by atoms with Gasteiger partial charge in [0.1, 0.15) is 23.7 Å². The molecule has 10 heteroatoms. The van der Waals surface area contributed by atoms with Gasteiger partial charge in [0.15, 0.2) is 0 Å². The molecule has 0 bridgehead atoms. The number of hydrogen-bond acceptors (Lipinski definition) is 8. The van der Waals surface area contributed by atoms with Gasteiger partial charge >= 0.3 is 0 Å². The third-order valence-corrected chi connectivity index (χ3v) is 7.54. The zero-order chi connectivity index (χ0) is 26.3. The molecule has 0 amide bonds. The molecule has 4 heterocycles. The average Bonchev–Trinajstić information content (AvgIpc) is 3.34. The van der Waals surface area contributed by atoms with Crippen LogP contribution in [0.4, 0.5) is 5.69 Å². The molecule has 5 rings (SSSR count). The van der Waals surface area contributed by atoms with Gasteiger partial charge in [0.2, 0.25) is 0 Å². The van der Waals surface area contributed by atoms with Crippen LogP contribution in [-0.4, -0.2) is 54.4 Å². The number of fused-ring (bicyclic) bond motifs is 2. The quantitative estimate of drug-likeness (QED) is 0.414. The van der Waals surface area contributed by atoms with Crippen molar-refractivity contribution in [2.24, 2.45) is 7.05 Å². The summed E-state index contributed by atoms with van der Waals surface area (Å²) in [5, 5.41) is 23.8. The van der Waals surface area contributed by atoms with Gasteiger partial charge in [-0.05, 0) is 38.0 Å². The van der Waals surface area contributed by atoms with Crippen molar-refractivity contribution in [3.63, 3.8) is 0 Å². The number of aromatic nitrogens is 5. The lowest BCUT2D eigenvalue weighted by atomic mass is 9.97. The van der Waals surface area contributed by atoms with Crippen LogP contribution >= 0.6 is 0 Å². The van der Waals surface area contributed by atoms with Gasteiger partial charge < -0.3 is 9.47 Å². The minimum Gasteiger partial charge on any atom is -0.363 e. The molecule has 1 aliphatic rings. The van der Waals surface area contributed by atoms with Crippen LogP contribution in [0.1, 0.15) is 44.4 Å². The van der Waals surface area contributed by atoms with Crippen LogP contribution in [0.5, 0.6) is 0 Å². The predicted octanol–water partition coefficient (Wildman–Crippen LogP) is 3.12. The molecule has 1 unspecified atom stereocenters. The van der Waals surface area contributed by atoms with Crippen molar-refractivity contribution in [3.8, 4) is 12.1 Å². The van der Waals surface area contributed by atoms with Crippen LogP contribution in [0.15, 0.2) is 41.6 Å². The summed E-state index contributed by atoms with van der Waals surface area (Å²) >= 11 is 0. The summed E-state index contributed by atoms with van der Waals surface area (Å²) in [6.45, 7) is 7.96. The van der Waals surface area contributed by atoms with Crippen molar-refractivity contribution >= 4 is 27.8 Å². The Morgan fingerprint density at radius 3 is 2.62 bits per heavy atom. The van der Waals surface area contributed by atoms with Gasteiger partial charge in [-0.25, -0.2) is 0 Å². The van der Waals surface area contributed by atoms with E-state index in [1.807, 2.05) is 6.07 Å². The Bertz CT molecular complexity index is 1620. The summed E-state index contributed by atoms with van der Waals surface area (Å²) in [7, 11) is 1.64. The first kappa shape index (κ1) is 24.4. The molecule has 1 aromatic carbocycles. The summed E-state index contributed by atoms with van der Waals surface area (Å²) in [6, 6.07) is 10.8. The molecule has 3 atom stereocenters. The van der Waals surface area contributed by atoms with E-state index in [0.717, 1.165) is 24.0 Å². The highest BCUT2D eigenvalue weighted by atomic mass is 16.1. The highest BCUT2D eigenvalue weighted by Gasteiger charge is 2.36. The van der Waals surface area contributed by atoms with E-state index in [4.69, 9.17) is 0 Å². The number of piperazine rings is 1. The van der Waals surface area contributed by atoms with Crippen LogP contribution < -0.4 is 10.5 Å². The minimum absolute atomic E-state index is 0.0222. The Morgan fingerprint density at radius 2 is 1.92 bits per heavy atom. The summed E-state index contributed by atoms with van der Waals surface area (Å²) in [6.07, 6.45) is 6.02. The highest BCUT2D eigenvalue weighted by molar-refractivity contribution is 5.91. The molecular formula is C27H29N9O. The van der Waals surface area contributed by atoms with E-state index in [-0.39, 0.29) is 35.8 Å². The summed E-state index contributed by atoms with van der Waals surface area (Å²) in [5.74, 6) is 0. The number of pyridine rings is 1. The van der Waals surface area contributed by atoms with Crippen molar-refractivity contribution in [1.29, 1.82) is 10.5 Å². The lowest BCUT2D eigenvalue weighted by Gasteiger charge is -2.48. The average molecular weight is 496 g/mol. The number of anilines is 1. The summed E-state index contributed by atoms with van der Waals surface area (Å²) < 4.78 is 2.97. The molecule has 0 spiro atoms. The molecule has 0 aliphatic carbocycles. The zero-order valence-electron chi connectivity index (χ0n) is 21.5. The summed E-state index contributed by atoms with van der Waals surface area (Å²) in [4.78, 5) is 26.7. The first-order valence-corrected chi connectivity index (χ1v) is 12.5. The number of hydrogen-bond donors (Lipinski definition) is 0. The molecule has 3 aromatic heterocycles. The lowest BCUT2D eigenvalue weighted by molar-refractivity contribution is 0.106. The van der Waals surface area contributed by atoms with E-state index in [1.54, 1.807) is 25.6 Å². The monoisotopic (exact) mass is 495 g/mol. The van der Waals surface area contributed by atoms with Crippen LogP contribution in [0.25, 0.3) is 22.1 Å². The molecule has 1 saturated heterocycles. The lowest BCUT2D eigenvalue weighted by Crippen LogP contribution is -2.58. The topological polar surface area (TPSA) is 120 Å². The van der Waals surface area contributed by atoms with Crippen LogP contribution in [-0.2, 0) is 13.6 Å². The van der Waals surface area contributed by atoms with Gasteiger partial charge in [-0.2, -0.15) is 15.6 Å². The van der Waals surface area contributed by atoms with Crippen molar-refractivity contribution in [1.82, 2.24) is 29.2 Å². The molecule has 0 N–H and O–H groups in total. The minimum atomic E-state index is -0.352. The number of benzene rings is 1. The van der Waals surface area contributed by atoms with Crippen molar-refractivity contribution in [2.75, 3.05) is 18.0 Å². The van der Waals surface area contributed by atoms with E-state index in [1.165, 1.54) is 14.8 Å². The van der Waals surface area contributed by atoms with Crippen LogP contribution in [0.2, 0.25) is 0 Å². The van der Waals surface area contributed by atoms with Crippen molar-refractivity contribution < 1.29 is 0 Å². The van der Waals surface area contributed by atoms with Gasteiger partial charge in [0.05, 0.1) is 34.5 Å². The van der Waals surface area contributed by atoms with Crippen molar-refractivity contribution in [2.45, 2.75) is 51.9 Å². The normalized spacial score (nSPS) is 19.1. The maximum atomic E-state index is 13.2. The van der Waals surface area contributed by atoms with Crippen LogP contribution in [0.3, 0.4) is 0 Å². The van der Waals surface area contributed by atoms with Gasteiger partial charge in [-0.3, -0.25) is 24.3 Å². The molecule has 0 radical (unpaired) electrons. The fourth-order valence-corrected chi connectivity index (χ4v) is 5.50. The largest absolute Gasteiger partial charge is 0.363 e. The summed E-state index contributed by atoms with van der Waals surface area (Å²) in [5.41, 5.74) is 4.42. The van der Waals surface area contributed by atoms with E-state index < -0.39 is 0 Å². The Labute approximate surface area is 215 Å². The van der Waals surface area contributed by atoms with E-state index in [0.29, 0.717) is 23.3 Å². The van der Waals surface area contributed by atoms with Gasteiger partial charge in [-0.15, -0.1) is 0 Å². The first-order valence-electron chi connectivity index (χ1n) is 12.5. The molecule has 188 valence electrons. The molecular weight excluding hydrogens is 466 g/mol. The fraction of sp³-hybridized carbons (Fsp3) is 0.407. The number of nitriles is 2. The van der Waals surface area contributed by atoms with E-state index in [9.17, 15) is 15.3 Å². The van der Waals surface area contributed by atoms with E-state index >= 15 is 0 Å². The number of rotatable bonds is 5. The standard InChI is InChI=1S/C27H29N9O/c1-5-20-15-35(26-21(13-29)27(37)33(4)24-16-34(11-8-28)32-25(24)26)17(2)14-36(20)18(3)19-6-7-22-23(12-19)31-10-9-30-22/h6-7,9-10,12,16-18,20H,5,11,14-15H2,1-4H3/t17-,18?,20+/m0/s1. The molecule has 4 aromatic rings. The molecule has 10 nitrogen and oxygen atoms in total. The second-order valence-electron chi connectivity index (χ2n) is 9.66. The maximum Gasteiger partial charge on any atom is 0.271 e. The Morgan fingerprint density at radius 1 is 1.16 bits per heavy atom. The van der Waals surface area contributed by atoms with Gasteiger partial charge in [0, 0.05) is 50.7 Å². The first-order chi connectivity index (χ1) is 17.9. The Kier molecular flexibility index (Phi) is 6.36.